The third-order valence-electron chi connectivity index (χ3n) is 3.20. The number of hydrogen-bond donors (Lipinski definition) is 1. The Balaban J connectivity index is 2.30. The van der Waals surface area contributed by atoms with Crippen molar-refractivity contribution in [3.8, 4) is 17.2 Å². The normalized spacial score (nSPS) is 11.4. The van der Waals surface area contributed by atoms with Crippen LogP contribution >= 0.6 is 0 Å². The summed E-state index contributed by atoms with van der Waals surface area (Å²) in [6, 6.07) is 14.9. The first-order valence-electron chi connectivity index (χ1n) is 6.89. The highest BCUT2D eigenvalue weighted by Crippen LogP contribution is 2.32. The molecule has 1 N–H and O–H groups in total. The number of amides is 1. The lowest BCUT2D eigenvalue weighted by atomic mass is 10.1. The zero-order valence-electron chi connectivity index (χ0n) is 12.6. The van der Waals surface area contributed by atoms with E-state index < -0.39 is 0 Å². The molecule has 0 saturated heterocycles. The Labute approximate surface area is 129 Å². The number of carbonyl (C=O) groups excluding carboxylic acids is 1. The molecule has 0 aromatic heterocycles. The molecule has 5 nitrogen and oxygen atoms in total. The van der Waals surface area contributed by atoms with Gasteiger partial charge in [-0.25, -0.2) is 0 Å². The van der Waals surface area contributed by atoms with Crippen LogP contribution in [0.15, 0.2) is 48.5 Å². The molecule has 0 aliphatic heterocycles. The Morgan fingerprint density at radius 2 is 1.82 bits per heavy atom. The Hall–Kier alpha value is -2.69. The van der Waals surface area contributed by atoms with Gasteiger partial charge in [0.1, 0.15) is 23.4 Å². The van der Waals surface area contributed by atoms with Crippen molar-refractivity contribution in [2.75, 3.05) is 20.8 Å². The number of rotatable bonds is 8. The fourth-order valence-electron chi connectivity index (χ4n) is 2.12. The summed E-state index contributed by atoms with van der Waals surface area (Å²) in [5.74, 6) is 2.06. The van der Waals surface area contributed by atoms with Crippen LogP contribution in [-0.2, 0) is 4.79 Å². The molecule has 1 unspecified atom stereocenters. The number of benzene rings is 2. The van der Waals surface area contributed by atoms with E-state index in [0.717, 1.165) is 11.3 Å². The number of carbonyl (C=O) groups is 1. The second-order valence-electron chi connectivity index (χ2n) is 4.55. The largest absolute Gasteiger partial charge is 0.497 e. The van der Waals surface area contributed by atoms with E-state index in [-0.39, 0.29) is 6.10 Å². The van der Waals surface area contributed by atoms with Crippen LogP contribution in [0.5, 0.6) is 17.2 Å². The fraction of sp³-hybridized carbons (Fsp3) is 0.235. The average molecular weight is 301 g/mol. The predicted octanol–water partition coefficient (Wildman–Crippen LogP) is 2.57. The standard InChI is InChI=1S/C17H19NO4/c1-20-14-8-9-15(16(10-14)21-2)17(11-18-12-19)22-13-6-4-3-5-7-13/h3-10,12,17H,11H2,1-2H3,(H,18,19). The molecule has 5 heteroatoms. The van der Waals surface area contributed by atoms with Gasteiger partial charge in [-0.3, -0.25) is 4.79 Å². The van der Waals surface area contributed by atoms with Crippen molar-refractivity contribution < 1.29 is 19.0 Å². The lowest BCUT2D eigenvalue weighted by Gasteiger charge is -2.21. The monoisotopic (exact) mass is 301 g/mol. The van der Waals surface area contributed by atoms with Crippen LogP contribution in [0.1, 0.15) is 11.7 Å². The van der Waals surface area contributed by atoms with Crippen LogP contribution in [0.3, 0.4) is 0 Å². The van der Waals surface area contributed by atoms with Gasteiger partial charge in [0.25, 0.3) is 0 Å². The van der Waals surface area contributed by atoms with Crippen LogP contribution in [0.4, 0.5) is 0 Å². The van der Waals surface area contributed by atoms with Crippen molar-refractivity contribution in [1.29, 1.82) is 0 Å². The second kappa shape index (κ2) is 7.93. The Morgan fingerprint density at radius 3 is 2.45 bits per heavy atom. The van der Waals surface area contributed by atoms with Crippen LogP contribution in [-0.4, -0.2) is 27.2 Å². The Morgan fingerprint density at radius 1 is 1.05 bits per heavy atom. The van der Waals surface area contributed by atoms with Crippen LogP contribution in [0, 0.1) is 0 Å². The Kier molecular flexibility index (Phi) is 5.65. The fourth-order valence-corrected chi connectivity index (χ4v) is 2.12. The van der Waals surface area contributed by atoms with Gasteiger partial charge in [0, 0.05) is 11.6 Å². The molecule has 22 heavy (non-hydrogen) atoms. The first-order valence-corrected chi connectivity index (χ1v) is 6.89. The number of nitrogens with one attached hydrogen (secondary N) is 1. The summed E-state index contributed by atoms with van der Waals surface area (Å²) in [6.45, 7) is 0.334. The number of hydrogen-bond acceptors (Lipinski definition) is 4. The molecule has 0 saturated carbocycles. The minimum Gasteiger partial charge on any atom is -0.497 e. The van der Waals surface area contributed by atoms with Gasteiger partial charge in [0.15, 0.2) is 0 Å². The molecule has 2 aromatic carbocycles. The topological polar surface area (TPSA) is 56.8 Å². The van der Waals surface area contributed by atoms with Crippen molar-refractivity contribution >= 4 is 6.41 Å². The molecule has 2 aromatic rings. The summed E-state index contributed by atoms with van der Waals surface area (Å²) >= 11 is 0. The molecule has 0 radical (unpaired) electrons. The van der Waals surface area contributed by atoms with E-state index >= 15 is 0 Å². The summed E-state index contributed by atoms with van der Waals surface area (Å²) in [6.07, 6.45) is 0.283. The van der Waals surface area contributed by atoms with Gasteiger partial charge in [-0.2, -0.15) is 0 Å². The minimum atomic E-state index is -0.367. The van der Waals surface area contributed by atoms with E-state index in [1.54, 1.807) is 20.3 Å². The summed E-state index contributed by atoms with van der Waals surface area (Å²) < 4.78 is 16.6. The third-order valence-corrected chi connectivity index (χ3v) is 3.20. The number of para-hydroxylation sites is 1. The van der Waals surface area contributed by atoms with Crippen molar-refractivity contribution in [2.24, 2.45) is 0 Å². The SMILES string of the molecule is COc1ccc(C(CNC=O)Oc2ccccc2)c(OC)c1. The van der Waals surface area contributed by atoms with E-state index in [9.17, 15) is 4.79 Å². The van der Waals surface area contributed by atoms with Gasteiger partial charge in [-0.05, 0) is 24.3 Å². The van der Waals surface area contributed by atoms with Gasteiger partial charge < -0.3 is 19.5 Å². The molecular formula is C17H19NO4. The maximum absolute atomic E-state index is 10.6. The van der Waals surface area contributed by atoms with Crippen LogP contribution in [0.25, 0.3) is 0 Å². The maximum atomic E-state index is 10.6. The zero-order chi connectivity index (χ0) is 15.8. The van der Waals surface area contributed by atoms with E-state index in [2.05, 4.69) is 5.32 Å². The summed E-state index contributed by atoms with van der Waals surface area (Å²) in [4.78, 5) is 10.6. The molecule has 0 aliphatic rings. The number of ether oxygens (including phenoxy) is 3. The van der Waals surface area contributed by atoms with Crippen LogP contribution in [0.2, 0.25) is 0 Å². The van der Waals surface area contributed by atoms with Crippen molar-refractivity contribution in [2.45, 2.75) is 6.10 Å². The van der Waals surface area contributed by atoms with Crippen LogP contribution < -0.4 is 19.5 Å². The molecule has 1 atom stereocenters. The smallest absolute Gasteiger partial charge is 0.207 e. The minimum absolute atomic E-state index is 0.334. The highest BCUT2D eigenvalue weighted by Gasteiger charge is 2.18. The first-order chi connectivity index (χ1) is 10.8. The molecule has 0 heterocycles. The van der Waals surface area contributed by atoms with E-state index in [1.807, 2.05) is 42.5 Å². The van der Waals surface area contributed by atoms with E-state index in [1.165, 1.54) is 0 Å². The van der Waals surface area contributed by atoms with Gasteiger partial charge in [-0.15, -0.1) is 0 Å². The highest BCUT2D eigenvalue weighted by atomic mass is 16.5. The molecular weight excluding hydrogens is 282 g/mol. The van der Waals surface area contributed by atoms with Crippen molar-refractivity contribution in [3.05, 3.63) is 54.1 Å². The molecule has 1 amide bonds. The van der Waals surface area contributed by atoms with Crippen molar-refractivity contribution in [3.63, 3.8) is 0 Å². The summed E-state index contributed by atoms with van der Waals surface area (Å²) in [5, 5.41) is 2.65. The van der Waals surface area contributed by atoms with E-state index in [4.69, 9.17) is 14.2 Å². The molecule has 0 bridgehead atoms. The molecule has 2 rings (SSSR count). The third kappa shape index (κ3) is 3.91. The lowest BCUT2D eigenvalue weighted by Crippen LogP contribution is -2.24. The predicted molar refractivity (Wildman–Crippen MR) is 83.4 cm³/mol. The zero-order valence-corrected chi connectivity index (χ0v) is 12.6. The van der Waals surface area contributed by atoms with Gasteiger partial charge in [-0.1, -0.05) is 18.2 Å². The lowest BCUT2D eigenvalue weighted by molar-refractivity contribution is -0.109. The quantitative estimate of drug-likeness (QED) is 0.761. The maximum Gasteiger partial charge on any atom is 0.207 e. The number of methoxy groups -OCH3 is 2. The van der Waals surface area contributed by atoms with Gasteiger partial charge in [0.2, 0.25) is 6.41 Å². The highest BCUT2D eigenvalue weighted by molar-refractivity contribution is 5.47. The summed E-state index contributed by atoms with van der Waals surface area (Å²) in [5.41, 5.74) is 0.835. The second-order valence-corrected chi connectivity index (χ2v) is 4.55. The van der Waals surface area contributed by atoms with Gasteiger partial charge >= 0.3 is 0 Å². The Bertz CT molecular complexity index is 601. The average Bonchev–Trinajstić information content (AvgIpc) is 2.59. The van der Waals surface area contributed by atoms with Gasteiger partial charge in [0.05, 0.1) is 20.8 Å². The molecule has 0 aliphatic carbocycles. The molecule has 0 fully saturated rings. The van der Waals surface area contributed by atoms with E-state index in [0.29, 0.717) is 24.5 Å². The first kappa shape index (κ1) is 15.7. The molecule has 0 spiro atoms. The summed E-state index contributed by atoms with van der Waals surface area (Å²) in [7, 11) is 3.19. The van der Waals surface area contributed by atoms with Crippen molar-refractivity contribution in [1.82, 2.24) is 5.32 Å². The molecule has 116 valence electrons.